The summed E-state index contributed by atoms with van der Waals surface area (Å²) in [5.41, 5.74) is 10.4. The van der Waals surface area contributed by atoms with Gasteiger partial charge < -0.3 is 37.5 Å². The van der Waals surface area contributed by atoms with Crippen LogP contribution in [0.5, 0.6) is 0 Å². The average molecular weight is 445 g/mol. The molecule has 11 nitrogen and oxygen atoms in total. The molecular weight excluding hydrogens is 412 g/mol. The number of thioether (sulfide) groups is 1. The van der Waals surface area contributed by atoms with E-state index in [2.05, 4.69) is 21.3 Å². The minimum absolute atomic E-state index is 0.0357. The standard InChI is InChI=1S/C18H32N6O5S/c19-7-3-4-11(9-29-17(20)27)22-15(26)8-21-14(25)6-2-1-5-13-16-12(10-30-13)23-18(28)24-16/h11-13,16H,1-10,19H2,(H2,20,27)(H,21,25)(H,22,26)(H2,23,24,28)/t11-,12-,13-,16-/m0/s1. The Hall–Kier alpha value is -2.21. The molecule has 4 atom stereocenters. The highest BCUT2D eigenvalue weighted by Gasteiger charge is 2.42. The highest BCUT2D eigenvalue weighted by molar-refractivity contribution is 8.00. The van der Waals surface area contributed by atoms with E-state index in [0.717, 1.165) is 25.0 Å². The molecular formula is C18H32N6O5S. The number of carbonyl (C=O) groups is 4. The second kappa shape index (κ2) is 12.5. The number of nitrogens with one attached hydrogen (secondary N) is 4. The zero-order valence-corrected chi connectivity index (χ0v) is 17.8. The number of fused-ring (bicyclic) bond motifs is 1. The monoisotopic (exact) mass is 444 g/mol. The van der Waals surface area contributed by atoms with Crippen LogP contribution in [0.1, 0.15) is 38.5 Å². The van der Waals surface area contributed by atoms with Gasteiger partial charge in [-0.15, -0.1) is 0 Å². The number of hydrogen-bond donors (Lipinski definition) is 6. The van der Waals surface area contributed by atoms with Crippen LogP contribution in [0, 0.1) is 0 Å². The summed E-state index contributed by atoms with van der Waals surface area (Å²) >= 11 is 1.85. The molecule has 0 saturated carbocycles. The second-order valence-corrected chi connectivity index (χ2v) is 8.74. The summed E-state index contributed by atoms with van der Waals surface area (Å²) in [6.07, 6.45) is 3.15. The Balaban J connectivity index is 1.57. The maximum absolute atomic E-state index is 12.0. The predicted octanol–water partition coefficient (Wildman–Crippen LogP) is -0.853. The molecule has 0 aliphatic carbocycles. The molecule has 2 aliphatic rings. The third-order valence-electron chi connectivity index (χ3n) is 5.08. The molecule has 0 spiro atoms. The quantitative estimate of drug-likeness (QED) is 0.158. The molecule has 0 unspecified atom stereocenters. The molecule has 170 valence electrons. The molecule has 2 fully saturated rings. The Kier molecular flexibility index (Phi) is 10.0. The lowest BCUT2D eigenvalue weighted by Gasteiger charge is -2.18. The van der Waals surface area contributed by atoms with Crippen LogP contribution >= 0.6 is 11.8 Å². The van der Waals surface area contributed by atoms with Crippen LogP contribution in [0.4, 0.5) is 9.59 Å². The summed E-state index contributed by atoms with van der Waals surface area (Å²) in [6, 6.07) is -0.120. The van der Waals surface area contributed by atoms with E-state index in [4.69, 9.17) is 16.2 Å². The number of unbranched alkanes of at least 4 members (excludes halogenated alkanes) is 1. The van der Waals surface area contributed by atoms with Crippen LogP contribution in [-0.2, 0) is 14.3 Å². The zero-order chi connectivity index (χ0) is 21.9. The maximum atomic E-state index is 12.0. The Morgan fingerprint density at radius 2 is 2.00 bits per heavy atom. The van der Waals surface area contributed by atoms with Crippen LogP contribution in [0.15, 0.2) is 0 Å². The Morgan fingerprint density at radius 1 is 1.20 bits per heavy atom. The molecule has 2 heterocycles. The van der Waals surface area contributed by atoms with Gasteiger partial charge in [-0.25, -0.2) is 9.59 Å². The fraction of sp³-hybridized carbons (Fsp3) is 0.778. The molecule has 12 heteroatoms. The zero-order valence-electron chi connectivity index (χ0n) is 17.0. The van der Waals surface area contributed by atoms with Crippen molar-refractivity contribution in [2.45, 2.75) is 61.9 Å². The van der Waals surface area contributed by atoms with Gasteiger partial charge in [-0.2, -0.15) is 11.8 Å². The van der Waals surface area contributed by atoms with E-state index in [9.17, 15) is 19.2 Å². The van der Waals surface area contributed by atoms with Crippen molar-refractivity contribution in [2.24, 2.45) is 11.5 Å². The molecule has 0 aromatic carbocycles. The largest absolute Gasteiger partial charge is 0.448 e. The van der Waals surface area contributed by atoms with Crippen LogP contribution in [-0.4, -0.2) is 72.8 Å². The Bertz CT molecular complexity index is 622. The molecule has 2 aliphatic heterocycles. The maximum Gasteiger partial charge on any atom is 0.404 e. The van der Waals surface area contributed by atoms with E-state index in [1.165, 1.54) is 0 Å². The highest BCUT2D eigenvalue weighted by Crippen LogP contribution is 2.33. The van der Waals surface area contributed by atoms with Gasteiger partial charge in [0.25, 0.3) is 0 Å². The van der Waals surface area contributed by atoms with Crippen LogP contribution < -0.4 is 32.7 Å². The smallest absolute Gasteiger partial charge is 0.404 e. The number of rotatable bonds is 13. The summed E-state index contributed by atoms with van der Waals surface area (Å²) in [5, 5.41) is 11.5. The molecule has 0 aromatic heterocycles. The van der Waals surface area contributed by atoms with Crippen molar-refractivity contribution in [1.82, 2.24) is 21.3 Å². The number of ether oxygens (including phenoxy) is 1. The fourth-order valence-electron chi connectivity index (χ4n) is 3.56. The predicted molar refractivity (Wildman–Crippen MR) is 113 cm³/mol. The van der Waals surface area contributed by atoms with Gasteiger partial charge in [0.1, 0.15) is 6.61 Å². The normalized spacial score (nSPS) is 23.1. The first-order valence-electron chi connectivity index (χ1n) is 10.3. The van der Waals surface area contributed by atoms with Crippen molar-refractivity contribution >= 4 is 35.7 Å². The summed E-state index contributed by atoms with van der Waals surface area (Å²) < 4.78 is 4.73. The van der Waals surface area contributed by atoms with Gasteiger partial charge in [-0.05, 0) is 32.2 Å². The van der Waals surface area contributed by atoms with Crippen LogP contribution in [0.25, 0.3) is 0 Å². The van der Waals surface area contributed by atoms with Crippen molar-refractivity contribution < 1.29 is 23.9 Å². The molecule has 5 amide bonds. The van der Waals surface area contributed by atoms with E-state index in [0.29, 0.717) is 31.1 Å². The van der Waals surface area contributed by atoms with Gasteiger partial charge in [0.2, 0.25) is 11.8 Å². The van der Waals surface area contributed by atoms with Gasteiger partial charge in [-0.3, -0.25) is 9.59 Å². The van der Waals surface area contributed by atoms with E-state index in [-0.39, 0.29) is 43.1 Å². The highest BCUT2D eigenvalue weighted by atomic mass is 32.2. The second-order valence-electron chi connectivity index (χ2n) is 7.47. The van der Waals surface area contributed by atoms with Gasteiger partial charge in [0.05, 0.1) is 24.7 Å². The molecule has 2 saturated heterocycles. The average Bonchev–Trinajstić information content (AvgIpc) is 3.25. The van der Waals surface area contributed by atoms with Crippen molar-refractivity contribution in [2.75, 3.05) is 25.4 Å². The summed E-state index contributed by atoms with van der Waals surface area (Å²) in [6.45, 7) is 0.268. The van der Waals surface area contributed by atoms with Crippen molar-refractivity contribution in [3.63, 3.8) is 0 Å². The van der Waals surface area contributed by atoms with E-state index in [1.807, 2.05) is 11.8 Å². The first kappa shape index (κ1) is 24.1. The van der Waals surface area contributed by atoms with Crippen molar-refractivity contribution in [3.8, 4) is 0 Å². The molecule has 0 radical (unpaired) electrons. The van der Waals surface area contributed by atoms with E-state index < -0.39 is 12.1 Å². The number of carbonyl (C=O) groups excluding carboxylic acids is 4. The molecule has 0 aromatic rings. The van der Waals surface area contributed by atoms with Gasteiger partial charge in [0, 0.05) is 17.4 Å². The third-order valence-corrected chi connectivity index (χ3v) is 6.58. The van der Waals surface area contributed by atoms with Gasteiger partial charge in [0.15, 0.2) is 0 Å². The lowest BCUT2D eigenvalue weighted by Crippen LogP contribution is -2.44. The summed E-state index contributed by atoms with van der Waals surface area (Å²) in [5.74, 6) is 0.363. The number of nitrogens with two attached hydrogens (primary N) is 2. The Labute approximate surface area is 180 Å². The molecule has 2 rings (SSSR count). The number of primary amides is 1. The lowest BCUT2D eigenvalue weighted by molar-refractivity contribution is -0.126. The number of hydrogen-bond acceptors (Lipinski definition) is 7. The molecule has 8 N–H and O–H groups in total. The minimum atomic E-state index is -0.909. The van der Waals surface area contributed by atoms with Crippen molar-refractivity contribution in [1.29, 1.82) is 0 Å². The number of amides is 5. The first-order chi connectivity index (χ1) is 14.4. The Morgan fingerprint density at radius 3 is 2.73 bits per heavy atom. The summed E-state index contributed by atoms with van der Waals surface area (Å²) in [7, 11) is 0. The lowest BCUT2D eigenvalue weighted by atomic mass is 10.0. The SMILES string of the molecule is NCCC[C@@H](COC(N)=O)NC(=O)CNC(=O)CCCC[C@@H]1SC[C@@H]2NC(=O)N[C@@H]21. The minimum Gasteiger partial charge on any atom is -0.448 e. The van der Waals surface area contributed by atoms with Gasteiger partial charge >= 0.3 is 12.1 Å². The first-order valence-corrected chi connectivity index (χ1v) is 11.3. The van der Waals surface area contributed by atoms with Gasteiger partial charge in [-0.1, -0.05) is 6.42 Å². The van der Waals surface area contributed by atoms with Crippen LogP contribution in [0.2, 0.25) is 0 Å². The topological polar surface area (TPSA) is 178 Å². The van der Waals surface area contributed by atoms with Crippen LogP contribution in [0.3, 0.4) is 0 Å². The van der Waals surface area contributed by atoms with E-state index >= 15 is 0 Å². The third kappa shape index (κ3) is 8.27. The van der Waals surface area contributed by atoms with Crippen molar-refractivity contribution in [3.05, 3.63) is 0 Å². The fourth-order valence-corrected chi connectivity index (χ4v) is 5.11. The molecule has 30 heavy (non-hydrogen) atoms. The van der Waals surface area contributed by atoms with E-state index in [1.54, 1.807) is 0 Å². The number of urea groups is 1. The summed E-state index contributed by atoms with van der Waals surface area (Å²) in [4.78, 5) is 46.1. The molecule has 0 bridgehead atoms.